The normalized spacial score (nSPS) is 11.8. The smallest absolute Gasteiger partial charge is 0.264 e. The molecule has 9 heavy (non-hydrogen) atoms. The third-order valence-corrected chi connectivity index (χ3v) is 3.19. The lowest BCUT2D eigenvalue weighted by atomic mass is 10.6. The molecule has 1 N–H and O–H groups in total. The van der Waals surface area contributed by atoms with Gasteiger partial charge in [-0.2, -0.15) is 8.42 Å². The van der Waals surface area contributed by atoms with Crippen LogP contribution in [-0.2, 0) is 10.1 Å². The molecule has 0 radical (unpaired) electrons. The van der Waals surface area contributed by atoms with Crippen LogP contribution >= 0.6 is 30.1 Å². The van der Waals surface area contributed by atoms with Crippen LogP contribution in [-0.4, -0.2) is 24.5 Å². The van der Waals surface area contributed by atoms with E-state index in [-0.39, 0.29) is 5.75 Å². The first kappa shape index (κ1) is 9.99. The molecule has 0 saturated heterocycles. The average molecular weight is 282 g/mol. The Morgan fingerprint density at radius 3 is 2.44 bits per heavy atom. The van der Waals surface area contributed by atoms with Crippen molar-refractivity contribution in [3.8, 4) is 0 Å². The summed E-state index contributed by atoms with van der Waals surface area (Å²) >= 11 is 2.08. The zero-order valence-electron chi connectivity index (χ0n) is 4.58. The van der Waals surface area contributed by atoms with Crippen molar-refractivity contribution in [2.75, 3.05) is 11.5 Å². The SMILES string of the molecule is O=S(=O)(O)CCCSI. The van der Waals surface area contributed by atoms with Gasteiger partial charge in [0.15, 0.2) is 0 Å². The molecular formula is C3H7IO3S2. The van der Waals surface area contributed by atoms with Crippen LogP contribution in [0.1, 0.15) is 6.42 Å². The minimum absolute atomic E-state index is 0.122. The van der Waals surface area contributed by atoms with Crippen molar-refractivity contribution >= 4 is 40.3 Å². The molecule has 0 aliphatic heterocycles. The van der Waals surface area contributed by atoms with Gasteiger partial charge in [-0.05, 0) is 27.6 Å². The first-order chi connectivity index (χ1) is 4.06. The van der Waals surface area contributed by atoms with Crippen molar-refractivity contribution in [1.82, 2.24) is 0 Å². The lowest BCUT2D eigenvalue weighted by molar-refractivity contribution is 0.482. The molecule has 0 fully saturated rings. The Morgan fingerprint density at radius 1 is 1.56 bits per heavy atom. The van der Waals surface area contributed by atoms with Gasteiger partial charge >= 0.3 is 0 Å². The molecule has 0 aliphatic rings. The monoisotopic (exact) mass is 282 g/mol. The lowest BCUT2D eigenvalue weighted by Gasteiger charge is -1.92. The molecule has 0 atom stereocenters. The fourth-order valence-electron chi connectivity index (χ4n) is 0.296. The van der Waals surface area contributed by atoms with Gasteiger partial charge in [0.2, 0.25) is 0 Å². The summed E-state index contributed by atoms with van der Waals surface area (Å²) in [6.45, 7) is 0. The van der Waals surface area contributed by atoms with Crippen LogP contribution in [0.15, 0.2) is 0 Å². The van der Waals surface area contributed by atoms with Gasteiger partial charge in [0, 0.05) is 5.75 Å². The van der Waals surface area contributed by atoms with Crippen molar-refractivity contribution in [2.24, 2.45) is 0 Å². The fraction of sp³-hybridized carbons (Fsp3) is 1.00. The minimum atomic E-state index is -3.71. The molecule has 0 rings (SSSR count). The summed E-state index contributed by atoms with van der Waals surface area (Å²) in [5.41, 5.74) is 0. The molecule has 0 aliphatic carbocycles. The van der Waals surface area contributed by atoms with Crippen LogP contribution in [0.3, 0.4) is 0 Å². The first-order valence-electron chi connectivity index (χ1n) is 2.25. The van der Waals surface area contributed by atoms with Crippen molar-refractivity contribution in [3.05, 3.63) is 0 Å². The Kier molecular flexibility index (Phi) is 5.27. The Hall–Kier alpha value is 0.990. The van der Waals surface area contributed by atoms with E-state index in [1.165, 1.54) is 8.93 Å². The van der Waals surface area contributed by atoms with Crippen molar-refractivity contribution < 1.29 is 13.0 Å². The molecule has 3 nitrogen and oxygen atoms in total. The van der Waals surface area contributed by atoms with Gasteiger partial charge in [0.25, 0.3) is 10.1 Å². The zero-order valence-corrected chi connectivity index (χ0v) is 8.37. The summed E-state index contributed by atoms with van der Waals surface area (Å²) in [6.07, 6.45) is 0.520. The van der Waals surface area contributed by atoms with E-state index >= 15 is 0 Å². The summed E-state index contributed by atoms with van der Waals surface area (Å²) in [4.78, 5) is 0. The van der Waals surface area contributed by atoms with Gasteiger partial charge in [-0.1, -0.05) is 8.93 Å². The van der Waals surface area contributed by atoms with Crippen molar-refractivity contribution in [3.63, 3.8) is 0 Å². The molecule has 0 aromatic rings. The summed E-state index contributed by atoms with van der Waals surface area (Å²) < 4.78 is 28.3. The Bertz CT molecular complexity index is 152. The Morgan fingerprint density at radius 2 is 2.11 bits per heavy atom. The Labute approximate surface area is 70.9 Å². The maximum atomic E-state index is 10.0. The van der Waals surface area contributed by atoms with E-state index in [0.29, 0.717) is 6.42 Å². The van der Waals surface area contributed by atoms with E-state index in [4.69, 9.17) is 4.55 Å². The van der Waals surface area contributed by atoms with Gasteiger partial charge < -0.3 is 0 Å². The maximum Gasteiger partial charge on any atom is 0.264 e. The topological polar surface area (TPSA) is 54.4 Å². The van der Waals surface area contributed by atoms with E-state index in [9.17, 15) is 8.42 Å². The summed E-state index contributed by atoms with van der Waals surface area (Å²) in [5, 5.41) is 0. The number of rotatable bonds is 4. The number of hydrogen-bond acceptors (Lipinski definition) is 3. The average Bonchev–Trinajstić information content (AvgIpc) is 1.63. The zero-order chi connectivity index (χ0) is 7.33. The van der Waals surface area contributed by atoms with E-state index < -0.39 is 10.1 Å². The third kappa shape index (κ3) is 8.99. The van der Waals surface area contributed by atoms with Crippen LogP contribution in [0.25, 0.3) is 0 Å². The van der Waals surface area contributed by atoms with Crippen LogP contribution in [0.5, 0.6) is 0 Å². The second kappa shape index (κ2) is 4.75. The highest BCUT2D eigenvalue weighted by Gasteiger charge is 2.01. The van der Waals surface area contributed by atoms with E-state index in [1.54, 1.807) is 0 Å². The summed E-state index contributed by atoms with van der Waals surface area (Å²) in [6, 6.07) is 0. The maximum absolute atomic E-state index is 10.0. The molecule has 0 aromatic carbocycles. The fourth-order valence-corrected chi connectivity index (χ4v) is 2.18. The second-order valence-corrected chi connectivity index (χ2v) is 5.52. The van der Waals surface area contributed by atoms with Crippen LogP contribution in [0.4, 0.5) is 0 Å². The minimum Gasteiger partial charge on any atom is -0.286 e. The molecule has 0 saturated carbocycles. The highest BCUT2D eigenvalue weighted by atomic mass is 127. The van der Waals surface area contributed by atoms with E-state index in [0.717, 1.165) is 5.75 Å². The van der Waals surface area contributed by atoms with E-state index in [2.05, 4.69) is 21.2 Å². The van der Waals surface area contributed by atoms with Crippen LogP contribution < -0.4 is 0 Å². The lowest BCUT2D eigenvalue weighted by Crippen LogP contribution is -2.03. The number of hydrogen-bond donors (Lipinski definition) is 1. The van der Waals surface area contributed by atoms with Crippen molar-refractivity contribution in [1.29, 1.82) is 0 Å². The highest BCUT2D eigenvalue weighted by molar-refractivity contribution is 14.2. The van der Waals surface area contributed by atoms with Gasteiger partial charge in [-0.3, -0.25) is 4.55 Å². The predicted octanol–water partition coefficient (Wildman–Crippen LogP) is 1.35. The summed E-state index contributed by atoms with van der Waals surface area (Å²) in [5.74, 6) is 0.642. The number of halogens is 1. The van der Waals surface area contributed by atoms with Gasteiger partial charge in [0.05, 0.1) is 5.75 Å². The largest absolute Gasteiger partial charge is 0.286 e. The molecule has 0 spiro atoms. The third-order valence-electron chi connectivity index (χ3n) is 0.624. The van der Waals surface area contributed by atoms with Gasteiger partial charge in [0.1, 0.15) is 0 Å². The summed E-state index contributed by atoms with van der Waals surface area (Å²) in [7, 11) is -2.18. The molecule has 56 valence electrons. The molecule has 6 heteroatoms. The van der Waals surface area contributed by atoms with Crippen LogP contribution in [0.2, 0.25) is 0 Å². The second-order valence-electron chi connectivity index (χ2n) is 1.45. The Balaban J connectivity index is 3.30. The van der Waals surface area contributed by atoms with Gasteiger partial charge in [-0.15, -0.1) is 0 Å². The van der Waals surface area contributed by atoms with Crippen LogP contribution in [0, 0.1) is 0 Å². The molecule has 0 heterocycles. The quantitative estimate of drug-likeness (QED) is 0.480. The molecule has 0 unspecified atom stereocenters. The standard InChI is InChI=1S/C3H7IO3S2/c4-8-2-1-3-9(5,6)7/h1-3H2,(H,5,6,7). The van der Waals surface area contributed by atoms with Gasteiger partial charge in [-0.25, -0.2) is 0 Å². The van der Waals surface area contributed by atoms with Crippen molar-refractivity contribution in [2.45, 2.75) is 6.42 Å². The molecule has 0 amide bonds. The molecule has 0 bridgehead atoms. The first-order valence-corrected chi connectivity index (χ1v) is 7.39. The molecular weight excluding hydrogens is 275 g/mol. The predicted molar refractivity (Wildman–Crippen MR) is 47.5 cm³/mol. The molecule has 0 aromatic heterocycles. The van der Waals surface area contributed by atoms with E-state index in [1.807, 2.05) is 0 Å². The highest BCUT2D eigenvalue weighted by Crippen LogP contribution is 2.11.